The van der Waals surface area contributed by atoms with Gasteiger partial charge < -0.3 is 5.73 Å². The molecule has 8 heteroatoms. The highest BCUT2D eigenvalue weighted by atomic mass is 35.5. The van der Waals surface area contributed by atoms with Crippen LogP contribution < -0.4 is 10.5 Å². The number of aryl methyl sites for hydroxylation is 2. The summed E-state index contributed by atoms with van der Waals surface area (Å²) >= 11 is 5.73. The Bertz CT molecular complexity index is 744. The van der Waals surface area contributed by atoms with E-state index in [-0.39, 0.29) is 22.5 Å². The van der Waals surface area contributed by atoms with Gasteiger partial charge in [0.05, 0.1) is 11.4 Å². The predicted molar refractivity (Wildman–Crippen MR) is 87.6 cm³/mol. The number of hydrogen-bond acceptors (Lipinski definition) is 4. The number of nitrogens with two attached hydrogens (primary N) is 1. The van der Waals surface area contributed by atoms with Crippen molar-refractivity contribution < 1.29 is 8.42 Å². The summed E-state index contributed by atoms with van der Waals surface area (Å²) in [5, 5.41) is 0.247. The molecular formula is C13H15Cl2N3O2S. The van der Waals surface area contributed by atoms with Crippen molar-refractivity contribution in [2.24, 2.45) is 0 Å². The van der Waals surface area contributed by atoms with Gasteiger partial charge in [0.1, 0.15) is 10.0 Å². The van der Waals surface area contributed by atoms with Gasteiger partial charge in [-0.05, 0) is 37.1 Å². The fourth-order valence-corrected chi connectivity index (χ4v) is 3.35. The van der Waals surface area contributed by atoms with Gasteiger partial charge >= 0.3 is 0 Å². The zero-order valence-corrected chi connectivity index (χ0v) is 13.8. The van der Waals surface area contributed by atoms with E-state index in [9.17, 15) is 8.42 Å². The first-order valence-corrected chi connectivity index (χ1v) is 7.67. The van der Waals surface area contributed by atoms with E-state index in [1.54, 1.807) is 32.0 Å². The third-order valence-electron chi connectivity index (χ3n) is 2.86. The van der Waals surface area contributed by atoms with Crippen LogP contribution in [0, 0.1) is 13.8 Å². The zero-order chi connectivity index (χ0) is 14.9. The first kappa shape index (κ1) is 17.6. The molecule has 0 aliphatic carbocycles. The maximum Gasteiger partial charge on any atom is 0.263 e. The number of nitrogens with one attached hydrogen (secondary N) is 1. The van der Waals surface area contributed by atoms with E-state index in [0.717, 1.165) is 5.56 Å². The van der Waals surface area contributed by atoms with Crippen molar-refractivity contribution in [2.75, 3.05) is 10.5 Å². The number of aromatic nitrogens is 1. The molecule has 1 heterocycles. The third kappa shape index (κ3) is 3.78. The van der Waals surface area contributed by atoms with Crippen LogP contribution in [-0.2, 0) is 10.0 Å². The van der Waals surface area contributed by atoms with Crippen LogP contribution in [0.2, 0.25) is 5.15 Å². The van der Waals surface area contributed by atoms with E-state index in [4.69, 9.17) is 17.3 Å². The van der Waals surface area contributed by atoms with Gasteiger partial charge in [0.25, 0.3) is 10.0 Å². The second kappa shape index (κ2) is 6.51. The van der Waals surface area contributed by atoms with Crippen molar-refractivity contribution in [1.29, 1.82) is 0 Å². The number of sulfonamides is 1. The minimum Gasteiger partial charge on any atom is -0.397 e. The second-order valence-electron chi connectivity index (χ2n) is 4.42. The Morgan fingerprint density at radius 1 is 1.24 bits per heavy atom. The molecule has 1 aromatic carbocycles. The molecule has 0 fully saturated rings. The summed E-state index contributed by atoms with van der Waals surface area (Å²) in [4.78, 5) is 3.88. The molecule has 0 unspecified atom stereocenters. The van der Waals surface area contributed by atoms with Crippen molar-refractivity contribution in [3.8, 4) is 0 Å². The maximum atomic E-state index is 12.4. The molecule has 0 atom stereocenters. The van der Waals surface area contributed by atoms with Gasteiger partial charge in [-0.3, -0.25) is 4.72 Å². The number of nitrogens with zero attached hydrogens (tertiary/aromatic N) is 1. The topological polar surface area (TPSA) is 85.1 Å². The molecule has 0 radical (unpaired) electrons. The highest BCUT2D eigenvalue weighted by Gasteiger charge is 2.19. The molecule has 5 nitrogen and oxygen atoms in total. The number of benzene rings is 1. The molecule has 0 aliphatic rings. The first-order chi connectivity index (χ1) is 9.31. The minimum atomic E-state index is -3.76. The highest BCUT2D eigenvalue weighted by Crippen LogP contribution is 2.27. The second-order valence-corrected chi connectivity index (χ2v) is 6.46. The Balaban J connectivity index is 0.00000220. The Hall–Kier alpha value is -1.50. The van der Waals surface area contributed by atoms with Gasteiger partial charge in [0.15, 0.2) is 0 Å². The van der Waals surface area contributed by atoms with Gasteiger partial charge in [0.2, 0.25) is 0 Å². The molecule has 1 aromatic heterocycles. The Morgan fingerprint density at radius 2 is 1.90 bits per heavy atom. The molecule has 2 aromatic rings. The third-order valence-corrected chi connectivity index (χ3v) is 4.55. The van der Waals surface area contributed by atoms with Crippen molar-refractivity contribution in [1.82, 2.24) is 4.98 Å². The number of pyridine rings is 1. The van der Waals surface area contributed by atoms with Gasteiger partial charge in [-0.2, -0.15) is 0 Å². The molecule has 0 spiro atoms. The normalized spacial score (nSPS) is 10.8. The maximum absolute atomic E-state index is 12.4. The van der Waals surface area contributed by atoms with Gasteiger partial charge in [-0.1, -0.05) is 23.7 Å². The van der Waals surface area contributed by atoms with Crippen LogP contribution in [0.5, 0.6) is 0 Å². The standard InChI is InChI=1S/C13H14ClN3O2S.ClH/c1-8-4-3-5-10(15)13(8)17-20(18,19)11-7-16-12(14)6-9(11)2;/h3-7,17H,15H2,1-2H3;1H. The average molecular weight is 348 g/mol. The molecule has 21 heavy (non-hydrogen) atoms. The molecule has 2 rings (SSSR count). The lowest BCUT2D eigenvalue weighted by Crippen LogP contribution is -2.16. The van der Waals surface area contributed by atoms with Crippen molar-refractivity contribution in [3.63, 3.8) is 0 Å². The number of nitrogen functional groups attached to an aromatic ring is 1. The summed E-state index contributed by atoms with van der Waals surface area (Å²) < 4.78 is 27.3. The van der Waals surface area contributed by atoms with Gasteiger partial charge in [0, 0.05) is 6.20 Å². The minimum absolute atomic E-state index is 0. The number of anilines is 2. The molecular weight excluding hydrogens is 333 g/mol. The van der Waals surface area contributed by atoms with E-state index in [1.165, 1.54) is 12.3 Å². The summed E-state index contributed by atoms with van der Waals surface area (Å²) in [6.07, 6.45) is 1.23. The lowest BCUT2D eigenvalue weighted by atomic mass is 10.2. The number of hydrogen-bond donors (Lipinski definition) is 2. The molecule has 0 amide bonds. The Morgan fingerprint density at radius 3 is 2.48 bits per heavy atom. The smallest absolute Gasteiger partial charge is 0.263 e. The zero-order valence-electron chi connectivity index (χ0n) is 11.4. The summed E-state index contributed by atoms with van der Waals surface area (Å²) in [5.41, 5.74) is 7.81. The Kier molecular flexibility index (Phi) is 5.44. The van der Waals surface area contributed by atoms with Crippen LogP contribution in [0.3, 0.4) is 0 Å². The van der Waals surface area contributed by atoms with Crippen LogP contribution in [0.4, 0.5) is 11.4 Å². The summed E-state index contributed by atoms with van der Waals surface area (Å²) in [6.45, 7) is 3.44. The summed E-state index contributed by atoms with van der Waals surface area (Å²) in [7, 11) is -3.76. The highest BCUT2D eigenvalue weighted by molar-refractivity contribution is 7.92. The largest absolute Gasteiger partial charge is 0.397 e. The fraction of sp³-hybridized carbons (Fsp3) is 0.154. The Labute approximate surface area is 135 Å². The lowest BCUT2D eigenvalue weighted by molar-refractivity contribution is 0.600. The van der Waals surface area contributed by atoms with E-state index in [2.05, 4.69) is 9.71 Å². The molecule has 0 saturated heterocycles. The molecule has 0 bridgehead atoms. The molecule has 3 N–H and O–H groups in total. The van der Waals surface area contributed by atoms with Crippen LogP contribution in [0.15, 0.2) is 35.4 Å². The summed E-state index contributed by atoms with van der Waals surface area (Å²) in [5.74, 6) is 0. The van der Waals surface area contributed by atoms with Crippen molar-refractivity contribution in [2.45, 2.75) is 18.7 Å². The quantitative estimate of drug-likeness (QED) is 0.659. The van der Waals surface area contributed by atoms with E-state index < -0.39 is 10.0 Å². The molecule has 114 valence electrons. The average Bonchev–Trinajstić information content (AvgIpc) is 2.33. The van der Waals surface area contributed by atoms with E-state index in [0.29, 0.717) is 16.9 Å². The van der Waals surface area contributed by atoms with E-state index >= 15 is 0 Å². The lowest BCUT2D eigenvalue weighted by Gasteiger charge is -2.14. The van der Waals surface area contributed by atoms with E-state index in [1.807, 2.05) is 0 Å². The predicted octanol–water partition coefficient (Wildman–Crippen LogP) is 3.16. The number of rotatable bonds is 3. The SMILES string of the molecule is Cc1cc(Cl)ncc1S(=O)(=O)Nc1c(C)cccc1N.Cl. The van der Waals surface area contributed by atoms with Crippen molar-refractivity contribution >= 4 is 45.4 Å². The van der Waals surface area contributed by atoms with Crippen LogP contribution >= 0.6 is 24.0 Å². The van der Waals surface area contributed by atoms with Crippen molar-refractivity contribution in [3.05, 3.63) is 46.7 Å². The first-order valence-electron chi connectivity index (χ1n) is 5.81. The van der Waals surface area contributed by atoms with Crippen LogP contribution in [0.1, 0.15) is 11.1 Å². The fourth-order valence-electron chi connectivity index (χ4n) is 1.81. The van der Waals surface area contributed by atoms with Crippen LogP contribution in [-0.4, -0.2) is 13.4 Å². The number of halogens is 2. The molecule has 0 aliphatic heterocycles. The monoisotopic (exact) mass is 347 g/mol. The summed E-state index contributed by atoms with van der Waals surface area (Å²) in [6, 6.07) is 6.67. The van der Waals surface area contributed by atoms with Gasteiger partial charge in [-0.25, -0.2) is 13.4 Å². The number of para-hydroxylation sites is 1. The van der Waals surface area contributed by atoms with Crippen LogP contribution in [0.25, 0.3) is 0 Å². The molecule has 0 saturated carbocycles. The van der Waals surface area contributed by atoms with Gasteiger partial charge in [-0.15, -0.1) is 12.4 Å².